The maximum Gasteiger partial charge on any atom is 0.279 e. The highest BCUT2D eigenvalue weighted by Gasteiger charge is 2.31. The average Bonchev–Trinajstić information content (AvgIpc) is 2.43. The van der Waals surface area contributed by atoms with Crippen molar-refractivity contribution in [2.75, 3.05) is 32.7 Å². The van der Waals surface area contributed by atoms with Crippen molar-refractivity contribution in [3.05, 3.63) is 0 Å². The van der Waals surface area contributed by atoms with E-state index in [4.69, 9.17) is 5.73 Å². The van der Waals surface area contributed by atoms with Crippen LogP contribution in [0.2, 0.25) is 0 Å². The molecule has 20 heavy (non-hydrogen) atoms. The first-order chi connectivity index (χ1) is 9.36. The maximum atomic E-state index is 12.1. The normalized spacial score (nSPS) is 21.1. The van der Waals surface area contributed by atoms with Crippen molar-refractivity contribution in [2.45, 2.75) is 26.7 Å². The molecule has 1 rings (SSSR count). The van der Waals surface area contributed by atoms with Crippen LogP contribution in [0.1, 0.15) is 26.7 Å². The Morgan fingerprint density at radius 3 is 2.75 bits per heavy atom. The van der Waals surface area contributed by atoms with Gasteiger partial charge in [0.05, 0.1) is 5.92 Å². The van der Waals surface area contributed by atoms with Gasteiger partial charge in [0, 0.05) is 32.7 Å². The fourth-order valence-electron chi connectivity index (χ4n) is 2.08. The molecule has 1 heterocycles. The molecule has 1 aliphatic heterocycles. The summed E-state index contributed by atoms with van der Waals surface area (Å²) in [7, 11) is -3.49. The molecule has 1 fully saturated rings. The summed E-state index contributed by atoms with van der Waals surface area (Å²) in [5, 5.41) is 2.72. The highest BCUT2D eigenvalue weighted by molar-refractivity contribution is 7.87. The van der Waals surface area contributed by atoms with Crippen molar-refractivity contribution in [1.82, 2.24) is 14.3 Å². The highest BCUT2D eigenvalue weighted by atomic mass is 32.2. The molecule has 1 amide bonds. The van der Waals surface area contributed by atoms with E-state index in [1.165, 1.54) is 4.31 Å². The van der Waals surface area contributed by atoms with E-state index in [0.29, 0.717) is 39.0 Å². The monoisotopic (exact) mass is 306 g/mol. The summed E-state index contributed by atoms with van der Waals surface area (Å²) in [4.78, 5) is 11.9. The van der Waals surface area contributed by atoms with Crippen molar-refractivity contribution < 1.29 is 13.2 Å². The lowest BCUT2D eigenvalue weighted by molar-refractivity contribution is -0.126. The van der Waals surface area contributed by atoms with Gasteiger partial charge in [0.2, 0.25) is 5.91 Å². The molecule has 1 atom stereocenters. The van der Waals surface area contributed by atoms with E-state index in [1.54, 1.807) is 0 Å². The Kier molecular flexibility index (Phi) is 6.87. The van der Waals surface area contributed by atoms with Gasteiger partial charge >= 0.3 is 0 Å². The topological polar surface area (TPSA) is 105 Å². The Bertz CT molecular complexity index is 411. The van der Waals surface area contributed by atoms with Crippen molar-refractivity contribution >= 4 is 16.1 Å². The number of piperidine rings is 1. The lowest BCUT2D eigenvalue weighted by Gasteiger charge is -2.31. The Morgan fingerprint density at radius 1 is 1.45 bits per heavy atom. The van der Waals surface area contributed by atoms with Crippen molar-refractivity contribution in [3.8, 4) is 0 Å². The summed E-state index contributed by atoms with van der Waals surface area (Å²) in [5.74, 6) is -0.150. The van der Waals surface area contributed by atoms with Gasteiger partial charge in [-0.25, -0.2) is 4.72 Å². The van der Waals surface area contributed by atoms with Crippen LogP contribution in [-0.2, 0) is 15.0 Å². The fourth-order valence-corrected chi connectivity index (χ4v) is 3.55. The zero-order chi connectivity index (χ0) is 15.2. The molecule has 8 heteroatoms. The number of nitrogens with zero attached hydrogens (tertiary/aromatic N) is 1. The molecule has 7 nitrogen and oxygen atoms in total. The lowest BCUT2D eigenvalue weighted by Crippen LogP contribution is -2.50. The van der Waals surface area contributed by atoms with Crippen molar-refractivity contribution in [2.24, 2.45) is 17.6 Å². The number of carbonyl (C=O) groups excluding carboxylic acids is 1. The minimum atomic E-state index is -3.49. The van der Waals surface area contributed by atoms with Gasteiger partial charge in [-0.1, -0.05) is 13.8 Å². The maximum absolute atomic E-state index is 12.1. The minimum Gasteiger partial charge on any atom is -0.355 e. The number of rotatable bonds is 7. The van der Waals surface area contributed by atoms with E-state index in [9.17, 15) is 13.2 Å². The van der Waals surface area contributed by atoms with Gasteiger partial charge in [-0.15, -0.1) is 0 Å². The average molecular weight is 306 g/mol. The van der Waals surface area contributed by atoms with E-state index >= 15 is 0 Å². The van der Waals surface area contributed by atoms with Gasteiger partial charge < -0.3 is 11.1 Å². The van der Waals surface area contributed by atoms with Gasteiger partial charge in [0.15, 0.2) is 0 Å². The van der Waals surface area contributed by atoms with Gasteiger partial charge in [-0.05, 0) is 18.8 Å². The van der Waals surface area contributed by atoms with Crippen LogP contribution >= 0.6 is 0 Å². The first-order valence-electron chi connectivity index (χ1n) is 7.09. The highest BCUT2D eigenvalue weighted by Crippen LogP contribution is 2.18. The molecule has 0 radical (unpaired) electrons. The predicted octanol–water partition coefficient (Wildman–Crippen LogP) is -0.736. The number of nitrogens with one attached hydrogen (secondary N) is 2. The Hall–Kier alpha value is -0.700. The number of nitrogens with two attached hydrogens (primary N) is 1. The summed E-state index contributed by atoms with van der Waals surface area (Å²) < 4.78 is 28.2. The lowest BCUT2D eigenvalue weighted by atomic mass is 9.99. The van der Waals surface area contributed by atoms with Crippen LogP contribution < -0.4 is 15.8 Å². The molecule has 0 aliphatic carbocycles. The third kappa shape index (κ3) is 5.35. The molecular formula is C12H26N4O3S. The Labute approximate surface area is 121 Å². The molecule has 1 unspecified atom stereocenters. The van der Waals surface area contributed by atoms with E-state index in [1.807, 2.05) is 13.8 Å². The van der Waals surface area contributed by atoms with Crippen LogP contribution in [0.3, 0.4) is 0 Å². The second-order valence-electron chi connectivity index (χ2n) is 5.52. The number of amides is 1. The largest absolute Gasteiger partial charge is 0.355 e. The first kappa shape index (κ1) is 17.4. The van der Waals surface area contributed by atoms with Crippen molar-refractivity contribution in [1.29, 1.82) is 0 Å². The molecule has 0 aromatic heterocycles. The molecule has 118 valence electrons. The second kappa shape index (κ2) is 7.92. The molecular weight excluding hydrogens is 280 g/mol. The third-order valence-electron chi connectivity index (χ3n) is 3.21. The van der Waals surface area contributed by atoms with Crippen LogP contribution in [0.15, 0.2) is 0 Å². The molecule has 0 saturated carbocycles. The summed E-state index contributed by atoms with van der Waals surface area (Å²) >= 11 is 0. The number of hydrogen-bond acceptors (Lipinski definition) is 4. The van der Waals surface area contributed by atoms with E-state index < -0.39 is 10.2 Å². The molecule has 0 spiro atoms. The number of hydrogen-bond donors (Lipinski definition) is 3. The number of carbonyl (C=O) groups is 1. The molecule has 4 N–H and O–H groups in total. The van der Waals surface area contributed by atoms with Crippen LogP contribution in [0, 0.1) is 11.8 Å². The Morgan fingerprint density at radius 2 is 2.15 bits per heavy atom. The summed E-state index contributed by atoms with van der Waals surface area (Å²) in [6.45, 7) is 5.81. The third-order valence-corrected chi connectivity index (χ3v) is 4.76. The standard InChI is InChI=1S/C12H26N4O3S/c1-10(2)8-15-20(18,19)16-7-3-4-11(9-16)12(17)14-6-5-13/h10-11,15H,3-9,13H2,1-2H3,(H,14,17). The van der Waals surface area contributed by atoms with E-state index in [2.05, 4.69) is 10.0 Å². The van der Waals surface area contributed by atoms with E-state index in [0.717, 1.165) is 0 Å². The van der Waals surface area contributed by atoms with Crippen LogP contribution in [0.25, 0.3) is 0 Å². The molecule has 0 bridgehead atoms. The minimum absolute atomic E-state index is 0.112. The molecule has 1 saturated heterocycles. The second-order valence-corrected chi connectivity index (χ2v) is 7.28. The summed E-state index contributed by atoms with van der Waals surface area (Å²) in [5.41, 5.74) is 5.34. The smallest absolute Gasteiger partial charge is 0.279 e. The zero-order valence-electron chi connectivity index (χ0n) is 12.3. The SMILES string of the molecule is CC(C)CNS(=O)(=O)N1CCCC(C(=O)NCCN)C1. The van der Waals surface area contributed by atoms with Crippen LogP contribution in [-0.4, -0.2) is 51.4 Å². The van der Waals surface area contributed by atoms with Crippen LogP contribution in [0.4, 0.5) is 0 Å². The summed E-state index contributed by atoms with van der Waals surface area (Å²) in [6, 6.07) is 0. The quantitative estimate of drug-likeness (QED) is 0.576. The van der Waals surface area contributed by atoms with Gasteiger partial charge in [-0.2, -0.15) is 12.7 Å². The Balaban J connectivity index is 2.57. The fraction of sp³-hybridized carbons (Fsp3) is 0.917. The zero-order valence-corrected chi connectivity index (χ0v) is 13.1. The molecule has 1 aliphatic rings. The molecule has 0 aromatic rings. The van der Waals surface area contributed by atoms with Gasteiger partial charge in [0.25, 0.3) is 10.2 Å². The van der Waals surface area contributed by atoms with Gasteiger partial charge in [-0.3, -0.25) is 4.79 Å². The van der Waals surface area contributed by atoms with Gasteiger partial charge in [0.1, 0.15) is 0 Å². The van der Waals surface area contributed by atoms with Crippen molar-refractivity contribution in [3.63, 3.8) is 0 Å². The summed E-state index contributed by atoms with van der Waals surface area (Å²) in [6.07, 6.45) is 1.41. The van der Waals surface area contributed by atoms with Crippen LogP contribution in [0.5, 0.6) is 0 Å². The first-order valence-corrected chi connectivity index (χ1v) is 8.53. The molecule has 0 aromatic carbocycles. The van der Waals surface area contributed by atoms with E-state index in [-0.39, 0.29) is 24.3 Å². The predicted molar refractivity (Wildman–Crippen MR) is 78.1 cm³/mol.